The number of aliphatic carboxylic acids is 1. The first kappa shape index (κ1) is 14.3. The lowest BCUT2D eigenvalue weighted by atomic mass is 9.99. The molecular weight excluding hydrogens is 263 g/mol. The number of anilines is 1. The number of carbonyl (C=O) groups is 2. The Morgan fingerprint density at radius 3 is 2.60 bits per heavy atom. The molecule has 2 amide bonds. The number of hydrogen-bond acceptors (Lipinski definition) is 2. The zero-order chi connectivity index (χ0) is 14.9. The highest BCUT2D eigenvalue weighted by Gasteiger charge is 2.36. The van der Waals surface area contributed by atoms with Crippen LogP contribution < -0.4 is 5.32 Å². The van der Waals surface area contributed by atoms with Gasteiger partial charge in [0, 0.05) is 18.8 Å². The quantitative estimate of drug-likeness (QED) is 0.873. The van der Waals surface area contributed by atoms with Crippen molar-refractivity contribution in [2.75, 3.05) is 18.4 Å². The Morgan fingerprint density at radius 1 is 1.35 bits per heavy atom. The summed E-state index contributed by atoms with van der Waals surface area (Å²) in [4.78, 5) is 24.5. The average molecular weight is 280 g/mol. The van der Waals surface area contributed by atoms with E-state index in [4.69, 9.17) is 5.11 Å². The second-order valence-electron chi connectivity index (χ2n) is 5.27. The van der Waals surface area contributed by atoms with E-state index in [1.54, 1.807) is 19.9 Å². The Balaban J connectivity index is 2.04. The summed E-state index contributed by atoms with van der Waals surface area (Å²) < 4.78 is 13.2. The molecule has 1 aromatic rings. The van der Waals surface area contributed by atoms with Crippen LogP contribution in [0.4, 0.5) is 14.9 Å². The Labute approximate surface area is 116 Å². The fourth-order valence-corrected chi connectivity index (χ4v) is 2.47. The molecule has 0 aromatic heterocycles. The number of nitrogens with zero attached hydrogens (tertiary/aromatic N) is 1. The lowest BCUT2D eigenvalue weighted by Crippen LogP contribution is -2.33. The van der Waals surface area contributed by atoms with E-state index < -0.39 is 23.7 Å². The third kappa shape index (κ3) is 3.07. The number of urea groups is 1. The monoisotopic (exact) mass is 280 g/mol. The molecule has 1 saturated heterocycles. The molecule has 1 aromatic carbocycles. The SMILES string of the molecule is Cc1cc(F)cc(NC(=O)N2CC(C)C(C(=O)O)C2)c1. The standard InChI is InChI=1S/C14H17FN2O3/c1-8-3-10(15)5-11(4-8)16-14(20)17-6-9(2)12(7-17)13(18)19/h3-5,9,12H,6-7H2,1-2H3,(H,16,20)(H,18,19). The summed E-state index contributed by atoms with van der Waals surface area (Å²) in [6.45, 7) is 4.10. The van der Waals surface area contributed by atoms with E-state index in [0.717, 1.165) is 0 Å². The van der Waals surface area contributed by atoms with Crippen molar-refractivity contribution in [3.05, 3.63) is 29.6 Å². The highest BCUT2D eigenvalue weighted by atomic mass is 19.1. The molecule has 1 fully saturated rings. The highest BCUT2D eigenvalue weighted by Crippen LogP contribution is 2.24. The third-order valence-electron chi connectivity index (χ3n) is 3.51. The summed E-state index contributed by atoms with van der Waals surface area (Å²) >= 11 is 0. The number of hydrogen-bond donors (Lipinski definition) is 2. The molecule has 6 heteroatoms. The first-order valence-electron chi connectivity index (χ1n) is 6.42. The van der Waals surface area contributed by atoms with Crippen LogP contribution in [-0.4, -0.2) is 35.1 Å². The molecule has 2 N–H and O–H groups in total. The fourth-order valence-electron chi connectivity index (χ4n) is 2.47. The van der Waals surface area contributed by atoms with Gasteiger partial charge in [0.2, 0.25) is 0 Å². The van der Waals surface area contributed by atoms with E-state index in [2.05, 4.69) is 5.32 Å². The van der Waals surface area contributed by atoms with Crippen LogP contribution in [0.3, 0.4) is 0 Å². The molecular formula is C14H17FN2O3. The van der Waals surface area contributed by atoms with Crippen LogP contribution in [-0.2, 0) is 4.79 Å². The molecule has 1 aliphatic heterocycles. The van der Waals surface area contributed by atoms with Crippen molar-refractivity contribution in [1.29, 1.82) is 0 Å². The molecule has 0 radical (unpaired) electrons. The normalized spacial score (nSPS) is 21.9. The molecule has 2 atom stereocenters. The van der Waals surface area contributed by atoms with E-state index in [1.165, 1.54) is 17.0 Å². The maximum absolute atomic E-state index is 13.2. The number of halogens is 1. The molecule has 108 valence electrons. The molecule has 0 saturated carbocycles. The number of benzene rings is 1. The Bertz CT molecular complexity index is 527. The van der Waals surface area contributed by atoms with Crippen LogP contribution in [0.1, 0.15) is 12.5 Å². The summed E-state index contributed by atoms with van der Waals surface area (Å²) in [5.41, 5.74) is 1.08. The molecule has 2 rings (SSSR count). The zero-order valence-electron chi connectivity index (χ0n) is 11.4. The van der Waals surface area contributed by atoms with Crippen LogP contribution in [0.5, 0.6) is 0 Å². The van der Waals surface area contributed by atoms with Gasteiger partial charge in [0.05, 0.1) is 5.92 Å². The van der Waals surface area contributed by atoms with Gasteiger partial charge in [-0.15, -0.1) is 0 Å². The fraction of sp³-hybridized carbons (Fsp3) is 0.429. The number of aryl methyl sites for hydroxylation is 1. The van der Waals surface area contributed by atoms with E-state index in [-0.39, 0.29) is 12.5 Å². The van der Waals surface area contributed by atoms with Crippen molar-refractivity contribution in [3.63, 3.8) is 0 Å². The second-order valence-corrected chi connectivity index (χ2v) is 5.27. The predicted octanol–water partition coefficient (Wildman–Crippen LogP) is 2.32. The summed E-state index contributed by atoms with van der Waals surface area (Å²) in [7, 11) is 0. The maximum atomic E-state index is 13.2. The van der Waals surface area contributed by atoms with E-state index in [1.807, 2.05) is 0 Å². The van der Waals surface area contributed by atoms with Gasteiger partial charge in [-0.05, 0) is 36.6 Å². The van der Waals surface area contributed by atoms with Crippen molar-refractivity contribution in [3.8, 4) is 0 Å². The molecule has 0 aliphatic carbocycles. The number of amides is 2. The average Bonchev–Trinajstić information content (AvgIpc) is 2.70. The molecule has 0 spiro atoms. The minimum absolute atomic E-state index is 0.0903. The molecule has 5 nitrogen and oxygen atoms in total. The van der Waals surface area contributed by atoms with Gasteiger partial charge in [-0.3, -0.25) is 4.79 Å². The van der Waals surface area contributed by atoms with Crippen molar-refractivity contribution >= 4 is 17.7 Å². The smallest absolute Gasteiger partial charge is 0.321 e. The van der Waals surface area contributed by atoms with Gasteiger partial charge >= 0.3 is 12.0 Å². The molecule has 1 aliphatic rings. The Morgan fingerprint density at radius 2 is 2.05 bits per heavy atom. The summed E-state index contributed by atoms with van der Waals surface area (Å²) in [5.74, 6) is -1.95. The summed E-state index contributed by atoms with van der Waals surface area (Å²) in [6, 6.07) is 3.87. The van der Waals surface area contributed by atoms with Gasteiger partial charge in [0.25, 0.3) is 0 Å². The van der Waals surface area contributed by atoms with Crippen LogP contribution >= 0.6 is 0 Å². The van der Waals surface area contributed by atoms with Gasteiger partial charge in [-0.25, -0.2) is 9.18 Å². The first-order chi connectivity index (χ1) is 9.36. The van der Waals surface area contributed by atoms with Gasteiger partial charge in [-0.2, -0.15) is 0 Å². The first-order valence-corrected chi connectivity index (χ1v) is 6.42. The van der Waals surface area contributed by atoms with E-state index in [9.17, 15) is 14.0 Å². The number of carboxylic acids is 1. The van der Waals surface area contributed by atoms with Crippen molar-refractivity contribution in [2.24, 2.45) is 11.8 Å². The predicted molar refractivity (Wildman–Crippen MR) is 72.0 cm³/mol. The lowest BCUT2D eigenvalue weighted by molar-refractivity contribution is -0.142. The summed E-state index contributed by atoms with van der Waals surface area (Å²) in [5, 5.41) is 11.6. The summed E-state index contributed by atoms with van der Waals surface area (Å²) in [6.07, 6.45) is 0. The minimum Gasteiger partial charge on any atom is -0.481 e. The molecule has 1 heterocycles. The van der Waals surface area contributed by atoms with Gasteiger partial charge in [-0.1, -0.05) is 6.92 Å². The molecule has 20 heavy (non-hydrogen) atoms. The van der Waals surface area contributed by atoms with Crippen molar-refractivity contribution < 1.29 is 19.1 Å². The number of nitrogens with one attached hydrogen (secondary N) is 1. The number of carboxylic acid groups (broad SMARTS) is 1. The topological polar surface area (TPSA) is 69.6 Å². The Hall–Kier alpha value is -2.11. The van der Waals surface area contributed by atoms with Crippen LogP contribution in [0, 0.1) is 24.6 Å². The highest BCUT2D eigenvalue weighted by molar-refractivity contribution is 5.90. The van der Waals surface area contributed by atoms with Crippen molar-refractivity contribution in [1.82, 2.24) is 4.90 Å². The largest absolute Gasteiger partial charge is 0.481 e. The van der Waals surface area contributed by atoms with E-state index >= 15 is 0 Å². The lowest BCUT2D eigenvalue weighted by Gasteiger charge is -2.17. The Kier molecular flexibility index (Phi) is 3.92. The number of rotatable bonds is 2. The van der Waals surface area contributed by atoms with Gasteiger partial charge < -0.3 is 15.3 Å². The van der Waals surface area contributed by atoms with E-state index in [0.29, 0.717) is 17.8 Å². The maximum Gasteiger partial charge on any atom is 0.321 e. The zero-order valence-corrected chi connectivity index (χ0v) is 11.4. The van der Waals surface area contributed by atoms with Crippen LogP contribution in [0.15, 0.2) is 18.2 Å². The second kappa shape index (κ2) is 5.48. The third-order valence-corrected chi connectivity index (χ3v) is 3.51. The van der Waals surface area contributed by atoms with Gasteiger partial charge in [0.1, 0.15) is 5.82 Å². The van der Waals surface area contributed by atoms with Gasteiger partial charge in [0.15, 0.2) is 0 Å². The van der Waals surface area contributed by atoms with Crippen LogP contribution in [0.25, 0.3) is 0 Å². The molecule has 2 unspecified atom stereocenters. The molecule has 0 bridgehead atoms. The van der Waals surface area contributed by atoms with Crippen LogP contribution in [0.2, 0.25) is 0 Å². The number of likely N-dealkylation sites (tertiary alicyclic amines) is 1. The minimum atomic E-state index is -0.894. The van der Waals surface area contributed by atoms with Crippen molar-refractivity contribution in [2.45, 2.75) is 13.8 Å². The number of carbonyl (C=O) groups excluding carboxylic acids is 1.